The Kier molecular flexibility index (Phi) is 3.45. The molecular formula is C16H13NO5S. The van der Waals surface area contributed by atoms with Crippen LogP contribution in [0.3, 0.4) is 0 Å². The van der Waals surface area contributed by atoms with Gasteiger partial charge in [0, 0.05) is 6.07 Å². The Balaban J connectivity index is 2.19. The number of methoxy groups -OCH3 is 1. The first-order chi connectivity index (χ1) is 10.9. The zero-order valence-corrected chi connectivity index (χ0v) is 13.3. The summed E-state index contributed by atoms with van der Waals surface area (Å²) in [6.07, 6.45) is 0. The average molecular weight is 331 g/mol. The van der Waals surface area contributed by atoms with E-state index in [1.54, 1.807) is 12.1 Å². The van der Waals surface area contributed by atoms with Crippen LogP contribution >= 0.6 is 0 Å². The number of carbonyl (C=O) groups is 2. The molecule has 1 amide bonds. The van der Waals surface area contributed by atoms with E-state index >= 15 is 0 Å². The van der Waals surface area contributed by atoms with Gasteiger partial charge >= 0.3 is 5.91 Å². The lowest BCUT2D eigenvalue weighted by molar-refractivity contribution is -0.113. The lowest BCUT2D eigenvalue weighted by Gasteiger charge is -2.17. The van der Waals surface area contributed by atoms with Crippen molar-refractivity contribution in [2.24, 2.45) is 0 Å². The van der Waals surface area contributed by atoms with Crippen LogP contribution in [0.2, 0.25) is 0 Å². The van der Waals surface area contributed by atoms with Crippen LogP contribution < -0.4 is 9.04 Å². The van der Waals surface area contributed by atoms with Crippen LogP contribution in [0.15, 0.2) is 47.4 Å². The lowest BCUT2D eigenvalue weighted by Crippen LogP contribution is -2.35. The van der Waals surface area contributed by atoms with Crippen molar-refractivity contribution in [1.82, 2.24) is 0 Å². The van der Waals surface area contributed by atoms with Crippen LogP contribution in [0, 0.1) is 6.92 Å². The zero-order chi connectivity index (χ0) is 16.8. The predicted octanol–water partition coefficient (Wildman–Crippen LogP) is 1.92. The Morgan fingerprint density at radius 1 is 1.00 bits per heavy atom. The largest absolute Gasteiger partial charge is 0.497 e. The third-order valence-electron chi connectivity index (χ3n) is 3.61. The molecule has 0 fully saturated rings. The predicted molar refractivity (Wildman–Crippen MR) is 83.2 cm³/mol. The summed E-state index contributed by atoms with van der Waals surface area (Å²) in [5.74, 6) is -1.58. The molecule has 3 rings (SSSR count). The molecule has 0 atom stereocenters. The highest BCUT2D eigenvalue weighted by Crippen LogP contribution is 2.36. The number of fused-ring (bicyclic) bond motifs is 1. The standard InChI is InChI=1S/C16H13NO5S/c1-10-3-6-12(7-4-10)23(20,21)17-14-9-11(22-2)5-8-13(14)15(18)16(17)19/h3-9H,1-2H3. The Morgan fingerprint density at radius 2 is 1.65 bits per heavy atom. The minimum atomic E-state index is -4.17. The van der Waals surface area contributed by atoms with Gasteiger partial charge in [0.05, 0.1) is 23.3 Å². The summed E-state index contributed by atoms with van der Waals surface area (Å²) in [7, 11) is -2.75. The summed E-state index contributed by atoms with van der Waals surface area (Å²) >= 11 is 0. The molecule has 1 heterocycles. The highest BCUT2D eigenvalue weighted by atomic mass is 32.2. The minimum Gasteiger partial charge on any atom is -0.497 e. The van der Waals surface area contributed by atoms with Crippen molar-refractivity contribution in [3.8, 4) is 5.75 Å². The highest BCUT2D eigenvalue weighted by Gasteiger charge is 2.43. The number of hydrogen-bond donors (Lipinski definition) is 0. The van der Waals surface area contributed by atoms with E-state index in [9.17, 15) is 18.0 Å². The summed E-state index contributed by atoms with van der Waals surface area (Å²) in [6, 6.07) is 10.3. The molecule has 118 valence electrons. The van der Waals surface area contributed by atoms with Crippen molar-refractivity contribution in [2.75, 3.05) is 11.4 Å². The van der Waals surface area contributed by atoms with Crippen molar-refractivity contribution in [3.05, 3.63) is 53.6 Å². The van der Waals surface area contributed by atoms with E-state index < -0.39 is 21.7 Å². The number of benzene rings is 2. The monoisotopic (exact) mass is 331 g/mol. The molecule has 0 saturated carbocycles. The third-order valence-corrected chi connectivity index (χ3v) is 5.32. The van der Waals surface area contributed by atoms with Gasteiger partial charge in [-0.2, -0.15) is 4.31 Å². The second kappa shape index (κ2) is 5.20. The number of ketones is 1. The highest BCUT2D eigenvalue weighted by molar-refractivity contribution is 7.93. The molecule has 1 aliphatic heterocycles. The van der Waals surface area contributed by atoms with Crippen molar-refractivity contribution in [1.29, 1.82) is 0 Å². The number of ether oxygens (including phenoxy) is 1. The molecule has 0 bridgehead atoms. The number of aryl methyl sites for hydroxylation is 1. The first-order valence-corrected chi connectivity index (χ1v) is 8.19. The molecule has 1 aliphatic rings. The molecule has 0 spiro atoms. The van der Waals surface area contributed by atoms with Crippen LogP contribution in [0.25, 0.3) is 0 Å². The summed E-state index contributed by atoms with van der Waals surface area (Å²) in [6.45, 7) is 1.82. The van der Waals surface area contributed by atoms with Gasteiger partial charge in [-0.1, -0.05) is 17.7 Å². The van der Waals surface area contributed by atoms with Crippen LogP contribution in [0.5, 0.6) is 5.75 Å². The molecule has 0 N–H and O–H groups in total. The SMILES string of the molecule is COc1ccc2c(c1)N(S(=O)(=O)c1ccc(C)cc1)C(=O)C2=O. The molecule has 23 heavy (non-hydrogen) atoms. The topological polar surface area (TPSA) is 80.8 Å². The van der Waals surface area contributed by atoms with Crippen molar-refractivity contribution in [3.63, 3.8) is 0 Å². The second-order valence-electron chi connectivity index (χ2n) is 5.10. The summed E-state index contributed by atoms with van der Waals surface area (Å²) in [5.41, 5.74) is 0.946. The van der Waals surface area contributed by atoms with Gasteiger partial charge in [0.25, 0.3) is 15.8 Å². The van der Waals surface area contributed by atoms with E-state index in [4.69, 9.17) is 4.74 Å². The van der Waals surface area contributed by atoms with Crippen molar-refractivity contribution >= 4 is 27.4 Å². The quantitative estimate of drug-likeness (QED) is 0.803. The lowest BCUT2D eigenvalue weighted by atomic mass is 10.1. The number of hydrogen-bond acceptors (Lipinski definition) is 5. The smallest absolute Gasteiger partial charge is 0.313 e. The Labute approximate surface area is 133 Å². The third kappa shape index (κ3) is 2.29. The van der Waals surface area contributed by atoms with Gasteiger partial charge in [-0.3, -0.25) is 9.59 Å². The van der Waals surface area contributed by atoms with Crippen molar-refractivity contribution < 1.29 is 22.7 Å². The van der Waals surface area contributed by atoms with Crippen LogP contribution in [0.1, 0.15) is 15.9 Å². The molecule has 2 aromatic carbocycles. The number of anilines is 1. The number of amides is 1. The summed E-state index contributed by atoms with van der Waals surface area (Å²) in [4.78, 5) is 24.2. The maximum Gasteiger partial charge on any atom is 0.313 e. The van der Waals surface area contributed by atoms with Gasteiger partial charge in [-0.05, 0) is 31.2 Å². The van der Waals surface area contributed by atoms with Gasteiger partial charge in [0.1, 0.15) is 5.75 Å². The molecule has 7 heteroatoms. The number of sulfonamides is 1. The van der Waals surface area contributed by atoms with Gasteiger partial charge in [-0.25, -0.2) is 8.42 Å². The summed E-state index contributed by atoms with van der Waals surface area (Å²) < 4.78 is 31.1. The second-order valence-corrected chi connectivity index (χ2v) is 6.89. The van der Waals surface area contributed by atoms with Gasteiger partial charge < -0.3 is 4.74 Å². The Morgan fingerprint density at radius 3 is 2.26 bits per heavy atom. The fraction of sp³-hybridized carbons (Fsp3) is 0.125. The number of Topliss-reactive ketones (excluding diaryl/α,β-unsaturated/α-hetero) is 1. The van der Waals surface area contributed by atoms with Gasteiger partial charge in [0.2, 0.25) is 0 Å². The first-order valence-electron chi connectivity index (χ1n) is 6.75. The van der Waals surface area contributed by atoms with Crippen LogP contribution in [-0.2, 0) is 14.8 Å². The molecule has 0 aromatic heterocycles. The number of rotatable bonds is 3. The van der Waals surface area contributed by atoms with E-state index in [1.165, 1.54) is 37.4 Å². The van der Waals surface area contributed by atoms with E-state index in [0.29, 0.717) is 10.1 Å². The fourth-order valence-corrected chi connectivity index (χ4v) is 3.77. The first kappa shape index (κ1) is 15.2. The van der Waals surface area contributed by atoms with E-state index in [1.807, 2.05) is 6.92 Å². The maximum absolute atomic E-state index is 12.8. The van der Waals surface area contributed by atoms with Gasteiger partial charge in [-0.15, -0.1) is 0 Å². The fourth-order valence-electron chi connectivity index (χ4n) is 2.37. The molecule has 0 aliphatic carbocycles. The zero-order valence-electron chi connectivity index (χ0n) is 12.4. The average Bonchev–Trinajstić information content (AvgIpc) is 2.79. The van der Waals surface area contributed by atoms with E-state index in [2.05, 4.69) is 0 Å². The molecule has 0 saturated heterocycles. The van der Waals surface area contributed by atoms with Crippen LogP contribution in [-0.4, -0.2) is 27.2 Å². The van der Waals surface area contributed by atoms with Crippen LogP contribution in [0.4, 0.5) is 5.69 Å². The number of nitrogens with zero attached hydrogens (tertiary/aromatic N) is 1. The van der Waals surface area contributed by atoms with Gasteiger partial charge in [0.15, 0.2) is 0 Å². The minimum absolute atomic E-state index is 0.0138. The number of carbonyl (C=O) groups excluding carboxylic acids is 2. The maximum atomic E-state index is 12.8. The van der Waals surface area contributed by atoms with Crippen molar-refractivity contribution in [2.45, 2.75) is 11.8 Å². The molecule has 6 nitrogen and oxygen atoms in total. The molecular weight excluding hydrogens is 318 g/mol. The Hall–Kier alpha value is -2.67. The Bertz CT molecular complexity index is 916. The molecule has 2 aromatic rings. The van der Waals surface area contributed by atoms with E-state index in [0.717, 1.165) is 5.56 Å². The van der Waals surface area contributed by atoms with E-state index in [-0.39, 0.29) is 16.1 Å². The molecule has 0 radical (unpaired) electrons. The summed E-state index contributed by atoms with van der Waals surface area (Å²) in [5, 5.41) is 0. The normalized spacial score (nSPS) is 14.1. The molecule has 0 unspecified atom stereocenters.